The molecule has 1 aromatic rings. The van der Waals surface area contributed by atoms with Crippen LogP contribution in [0.2, 0.25) is 0 Å². The minimum absolute atomic E-state index is 0.162. The molecule has 3 atom stereocenters. The Labute approximate surface area is 166 Å². The van der Waals surface area contributed by atoms with Crippen LogP contribution in [0, 0.1) is 34.5 Å². The van der Waals surface area contributed by atoms with Gasteiger partial charge in [-0.3, -0.25) is 0 Å². The van der Waals surface area contributed by atoms with Gasteiger partial charge >= 0.3 is 0 Å². The molecule has 3 aliphatic rings. The van der Waals surface area contributed by atoms with Gasteiger partial charge in [-0.15, -0.1) is 0 Å². The van der Waals surface area contributed by atoms with Crippen LogP contribution in [-0.2, 0) is 0 Å². The number of allylic oxidation sites excluding steroid dienone is 1. The summed E-state index contributed by atoms with van der Waals surface area (Å²) in [5.74, 6) is 1.36. The maximum Gasteiger partial charge on any atom is 0.147 e. The van der Waals surface area contributed by atoms with E-state index in [0.29, 0.717) is 6.42 Å². The van der Waals surface area contributed by atoms with E-state index in [-0.39, 0.29) is 23.5 Å². The van der Waals surface area contributed by atoms with Crippen LogP contribution in [-0.4, -0.2) is 24.9 Å². The van der Waals surface area contributed by atoms with Gasteiger partial charge in [-0.05, 0) is 50.3 Å². The highest BCUT2D eigenvalue weighted by Gasteiger charge is 2.44. The standard InChI is InChI=1S/C23H26N4O/c1-3-27(4-2)16-9-10-20-21(11-16)28-22-12-19(15(13-24)14-25)17-7-5-6-8-18(17)23(22)26-20/h9-11,17-18,22H,3-8,12H2,1-2H3. The van der Waals surface area contributed by atoms with Gasteiger partial charge in [-0.25, -0.2) is 4.99 Å². The summed E-state index contributed by atoms with van der Waals surface area (Å²) in [4.78, 5) is 7.32. The molecular weight excluding hydrogens is 348 g/mol. The molecule has 0 N–H and O–H groups in total. The summed E-state index contributed by atoms with van der Waals surface area (Å²) in [6, 6.07) is 10.5. The number of hydrogen-bond donors (Lipinski definition) is 0. The molecule has 2 fully saturated rings. The molecule has 4 rings (SSSR count). The van der Waals surface area contributed by atoms with Gasteiger partial charge in [0.15, 0.2) is 0 Å². The zero-order valence-corrected chi connectivity index (χ0v) is 16.6. The van der Waals surface area contributed by atoms with Crippen molar-refractivity contribution in [1.82, 2.24) is 0 Å². The van der Waals surface area contributed by atoms with Crippen molar-refractivity contribution in [3.63, 3.8) is 0 Å². The van der Waals surface area contributed by atoms with Crippen LogP contribution in [0.4, 0.5) is 11.4 Å². The van der Waals surface area contributed by atoms with Crippen molar-refractivity contribution >= 4 is 17.1 Å². The second kappa shape index (κ2) is 7.68. The van der Waals surface area contributed by atoms with E-state index < -0.39 is 0 Å². The topological polar surface area (TPSA) is 72.4 Å². The first-order valence-corrected chi connectivity index (χ1v) is 10.4. The third-order valence-corrected chi connectivity index (χ3v) is 6.46. The summed E-state index contributed by atoms with van der Waals surface area (Å²) >= 11 is 0. The number of fused-ring (bicyclic) bond motifs is 4. The van der Waals surface area contributed by atoms with Gasteiger partial charge in [-0.1, -0.05) is 12.8 Å². The number of ether oxygens (including phenoxy) is 1. The largest absolute Gasteiger partial charge is 0.482 e. The second-order valence-electron chi connectivity index (χ2n) is 7.79. The molecule has 1 aromatic carbocycles. The fourth-order valence-electron chi connectivity index (χ4n) is 5.08. The van der Waals surface area contributed by atoms with Crippen LogP contribution in [0.5, 0.6) is 5.75 Å². The first kappa shape index (κ1) is 18.6. The normalized spacial score (nSPS) is 25.1. The Hall–Kier alpha value is -2.79. The molecule has 0 saturated heterocycles. The fraction of sp³-hybridized carbons (Fsp3) is 0.522. The Balaban J connectivity index is 1.75. The highest BCUT2D eigenvalue weighted by atomic mass is 16.5. The molecule has 1 heterocycles. The first-order valence-electron chi connectivity index (χ1n) is 10.4. The summed E-state index contributed by atoms with van der Waals surface area (Å²) in [7, 11) is 0. The lowest BCUT2D eigenvalue weighted by atomic mass is 9.65. The maximum absolute atomic E-state index is 9.47. The third kappa shape index (κ3) is 3.06. The Morgan fingerprint density at radius 3 is 2.54 bits per heavy atom. The van der Waals surface area contributed by atoms with E-state index in [9.17, 15) is 10.5 Å². The molecule has 0 radical (unpaired) electrons. The number of benzene rings is 1. The van der Waals surface area contributed by atoms with Crippen LogP contribution in [0.3, 0.4) is 0 Å². The number of nitrogens with zero attached hydrogens (tertiary/aromatic N) is 4. The van der Waals surface area contributed by atoms with E-state index >= 15 is 0 Å². The first-order chi connectivity index (χ1) is 13.7. The molecule has 2 saturated carbocycles. The highest BCUT2D eigenvalue weighted by Crippen LogP contribution is 2.48. The summed E-state index contributed by atoms with van der Waals surface area (Å²) < 4.78 is 6.42. The zero-order chi connectivity index (χ0) is 19.7. The van der Waals surface area contributed by atoms with Crippen LogP contribution < -0.4 is 9.64 Å². The Bertz CT molecular complexity index is 898. The Kier molecular flexibility index (Phi) is 5.09. The number of hydrogen-bond acceptors (Lipinski definition) is 5. The van der Waals surface area contributed by atoms with Crippen LogP contribution in [0.15, 0.2) is 34.3 Å². The number of nitriles is 2. The minimum Gasteiger partial charge on any atom is -0.482 e. The average molecular weight is 374 g/mol. The van der Waals surface area contributed by atoms with Crippen LogP contribution >= 0.6 is 0 Å². The molecule has 3 unspecified atom stereocenters. The number of aliphatic imine (C=N–C) groups is 1. The van der Waals surface area contributed by atoms with E-state index in [1.165, 1.54) is 6.42 Å². The SMILES string of the molecule is CCN(CC)c1ccc2c(c1)OC1CC(=C(C#N)C#N)C3CCCCC3C1=N2. The van der Waals surface area contributed by atoms with Crippen molar-refractivity contribution in [2.45, 2.75) is 52.1 Å². The van der Waals surface area contributed by atoms with Gasteiger partial charge in [0, 0.05) is 37.2 Å². The molecular formula is C23H26N4O. The molecule has 2 aliphatic carbocycles. The van der Waals surface area contributed by atoms with Gasteiger partial charge < -0.3 is 9.64 Å². The van der Waals surface area contributed by atoms with Gasteiger partial charge in [0.05, 0.1) is 5.71 Å². The summed E-state index contributed by atoms with van der Waals surface area (Å²) in [6.45, 7) is 6.18. The lowest BCUT2D eigenvalue weighted by molar-refractivity contribution is 0.207. The predicted molar refractivity (Wildman–Crippen MR) is 110 cm³/mol. The molecule has 5 nitrogen and oxygen atoms in total. The van der Waals surface area contributed by atoms with Crippen molar-refractivity contribution in [1.29, 1.82) is 10.5 Å². The second-order valence-corrected chi connectivity index (χ2v) is 7.79. The lowest BCUT2D eigenvalue weighted by Gasteiger charge is -2.43. The summed E-state index contributed by atoms with van der Waals surface area (Å²) in [5, 5.41) is 18.9. The number of rotatable bonds is 3. The van der Waals surface area contributed by atoms with E-state index in [1.807, 2.05) is 0 Å². The molecule has 144 valence electrons. The molecule has 28 heavy (non-hydrogen) atoms. The fourth-order valence-corrected chi connectivity index (χ4v) is 5.08. The third-order valence-electron chi connectivity index (χ3n) is 6.46. The zero-order valence-electron chi connectivity index (χ0n) is 16.6. The van der Waals surface area contributed by atoms with Crippen LogP contribution in [0.25, 0.3) is 0 Å². The molecule has 5 heteroatoms. The van der Waals surface area contributed by atoms with Crippen molar-refractivity contribution < 1.29 is 4.74 Å². The van der Waals surface area contributed by atoms with Gasteiger partial charge in [-0.2, -0.15) is 10.5 Å². The summed E-state index contributed by atoms with van der Waals surface area (Å²) in [5.41, 5.74) is 4.43. The molecule has 1 aliphatic heterocycles. The molecule has 0 aromatic heterocycles. The Morgan fingerprint density at radius 1 is 1.14 bits per heavy atom. The predicted octanol–water partition coefficient (Wildman–Crippen LogP) is 4.92. The number of anilines is 1. The van der Waals surface area contributed by atoms with E-state index in [2.05, 4.69) is 49.1 Å². The van der Waals surface area contributed by atoms with Gasteiger partial charge in [0.2, 0.25) is 0 Å². The monoisotopic (exact) mass is 374 g/mol. The van der Waals surface area contributed by atoms with Crippen molar-refractivity contribution in [3.8, 4) is 17.9 Å². The molecule has 0 spiro atoms. The smallest absolute Gasteiger partial charge is 0.147 e. The van der Waals surface area contributed by atoms with E-state index in [1.54, 1.807) is 0 Å². The van der Waals surface area contributed by atoms with Gasteiger partial charge in [0.25, 0.3) is 0 Å². The van der Waals surface area contributed by atoms with Crippen molar-refractivity contribution in [3.05, 3.63) is 29.3 Å². The average Bonchev–Trinajstić information content (AvgIpc) is 2.74. The quantitative estimate of drug-likeness (QED) is 0.704. The van der Waals surface area contributed by atoms with Crippen molar-refractivity contribution in [2.75, 3.05) is 18.0 Å². The molecule has 0 amide bonds. The highest BCUT2D eigenvalue weighted by molar-refractivity contribution is 5.97. The van der Waals surface area contributed by atoms with E-state index in [4.69, 9.17) is 9.73 Å². The molecule has 0 bridgehead atoms. The maximum atomic E-state index is 9.47. The van der Waals surface area contributed by atoms with E-state index in [0.717, 1.165) is 60.8 Å². The van der Waals surface area contributed by atoms with Crippen LogP contribution in [0.1, 0.15) is 46.0 Å². The van der Waals surface area contributed by atoms with Crippen molar-refractivity contribution in [2.24, 2.45) is 16.8 Å². The Morgan fingerprint density at radius 2 is 1.86 bits per heavy atom. The summed E-state index contributed by atoms with van der Waals surface area (Å²) in [6.07, 6.45) is 4.85. The van der Waals surface area contributed by atoms with Gasteiger partial charge in [0.1, 0.15) is 35.3 Å². The minimum atomic E-state index is -0.162. The lowest BCUT2D eigenvalue weighted by Crippen LogP contribution is -2.45.